The summed E-state index contributed by atoms with van der Waals surface area (Å²) in [5, 5.41) is 3.16. The first-order valence-electron chi connectivity index (χ1n) is 9.31. The van der Waals surface area contributed by atoms with Crippen molar-refractivity contribution in [2.24, 2.45) is 0 Å². The van der Waals surface area contributed by atoms with E-state index < -0.39 is 0 Å². The summed E-state index contributed by atoms with van der Waals surface area (Å²) in [4.78, 5) is 5.01. The van der Waals surface area contributed by atoms with Crippen molar-refractivity contribution >= 4 is 0 Å². The lowest BCUT2D eigenvalue weighted by Crippen LogP contribution is -2.12. The first-order valence-corrected chi connectivity index (χ1v) is 9.31. The molecular weight excluding hydrogens is 304 g/mol. The van der Waals surface area contributed by atoms with Gasteiger partial charge in [0.25, 0.3) is 0 Å². The summed E-state index contributed by atoms with van der Waals surface area (Å²) < 4.78 is 0. The van der Waals surface area contributed by atoms with Crippen molar-refractivity contribution in [3.63, 3.8) is 0 Å². The van der Waals surface area contributed by atoms with Crippen molar-refractivity contribution < 1.29 is 0 Å². The zero-order chi connectivity index (χ0) is 18.4. The predicted octanol–water partition coefficient (Wildman–Crippen LogP) is 5.58. The van der Waals surface area contributed by atoms with Crippen LogP contribution < -0.4 is 5.32 Å². The number of hydrogen-bond acceptors (Lipinski definition) is 2. The fourth-order valence-corrected chi connectivity index (χ4v) is 3.13. The predicted molar refractivity (Wildman–Crippen MR) is 109 cm³/mol. The lowest BCUT2D eigenvalue weighted by atomic mass is 9.86. The van der Waals surface area contributed by atoms with Gasteiger partial charge in [-0.1, -0.05) is 65.0 Å². The third-order valence-corrected chi connectivity index (χ3v) is 4.59. The van der Waals surface area contributed by atoms with Gasteiger partial charge in [-0.25, -0.2) is 0 Å². The quantitative estimate of drug-likeness (QED) is 0.667. The highest BCUT2D eigenvalue weighted by atomic mass is 14.8. The molecule has 0 radical (unpaired) electrons. The molecule has 0 atom stereocenters. The zero-order valence-corrected chi connectivity index (χ0v) is 16.4. The highest BCUT2D eigenvalue weighted by molar-refractivity contribution is 5.65. The summed E-state index contributed by atoms with van der Waals surface area (Å²) >= 11 is 0. The second-order valence-corrected chi connectivity index (χ2v) is 7.74. The fourth-order valence-electron chi connectivity index (χ4n) is 3.13. The molecule has 0 aliphatic heterocycles. The van der Waals surface area contributed by atoms with Gasteiger partial charge in [-0.2, -0.15) is 0 Å². The van der Waals surface area contributed by atoms with E-state index in [1.165, 1.54) is 22.3 Å². The van der Waals surface area contributed by atoms with Crippen molar-refractivity contribution in [2.75, 3.05) is 6.54 Å². The van der Waals surface area contributed by atoms with Gasteiger partial charge < -0.3 is 5.32 Å². The molecule has 0 saturated heterocycles. The summed E-state index contributed by atoms with van der Waals surface area (Å²) in [6, 6.07) is 11.2. The molecule has 2 heteroatoms. The first kappa shape index (κ1) is 19.2. The molecule has 0 fully saturated rings. The minimum atomic E-state index is 0.173. The average Bonchev–Trinajstić information content (AvgIpc) is 2.56. The molecule has 1 heterocycles. The summed E-state index contributed by atoms with van der Waals surface area (Å²) in [5.41, 5.74) is 7.77. The van der Waals surface area contributed by atoms with E-state index >= 15 is 0 Å². The topological polar surface area (TPSA) is 24.9 Å². The molecule has 0 unspecified atom stereocenters. The Labute approximate surface area is 153 Å². The molecule has 0 aliphatic carbocycles. The van der Waals surface area contributed by atoms with Crippen LogP contribution in [0, 0.1) is 6.92 Å². The molecule has 0 aliphatic rings. The Morgan fingerprint density at radius 1 is 1.12 bits per heavy atom. The van der Waals surface area contributed by atoms with Crippen LogP contribution >= 0.6 is 0 Å². The van der Waals surface area contributed by atoms with Gasteiger partial charge in [-0.15, -0.1) is 0 Å². The Balaban J connectivity index is 2.43. The van der Waals surface area contributed by atoms with E-state index in [4.69, 9.17) is 4.98 Å². The molecule has 0 amide bonds. The van der Waals surface area contributed by atoms with Gasteiger partial charge in [0.15, 0.2) is 0 Å². The number of pyridine rings is 1. The number of nitrogens with zero attached hydrogens (tertiary/aromatic N) is 1. The molecule has 0 saturated carbocycles. The molecular formula is C23H32N2. The van der Waals surface area contributed by atoms with Crippen molar-refractivity contribution in [3.8, 4) is 11.3 Å². The lowest BCUT2D eigenvalue weighted by molar-refractivity contribution is 0.590. The van der Waals surface area contributed by atoms with Crippen LogP contribution in [0.1, 0.15) is 56.5 Å². The third-order valence-electron chi connectivity index (χ3n) is 4.59. The van der Waals surface area contributed by atoms with Gasteiger partial charge >= 0.3 is 0 Å². The van der Waals surface area contributed by atoms with Crippen LogP contribution in [0.2, 0.25) is 0 Å². The van der Waals surface area contributed by atoms with Crippen LogP contribution in [-0.2, 0) is 18.3 Å². The number of benzene rings is 1. The van der Waals surface area contributed by atoms with Crippen LogP contribution in [0.25, 0.3) is 11.3 Å². The lowest BCUT2D eigenvalue weighted by Gasteiger charge is -2.20. The second kappa shape index (κ2) is 8.33. The summed E-state index contributed by atoms with van der Waals surface area (Å²) in [6.45, 7) is 15.8. The summed E-state index contributed by atoms with van der Waals surface area (Å²) in [7, 11) is 0. The van der Waals surface area contributed by atoms with Gasteiger partial charge in [0.2, 0.25) is 0 Å². The van der Waals surface area contributed by atoms with E-state index in [9.17, 15) is 0 Å². The summed E-state index contributed by atoms with van der Waals surface area (Å²) in [6.07, 6.45) is 4.85. The molecule has 1 aromatic heterocycles. The number of nitrogens with one attached hydrogen (secondary N) is 1. The Hall–Kier alpha value is -2.09. The van der Waals surface area contributed by atoms with Crippen molar-refractivity contribution in [3.05, 3.63) is 65.5 Å². The number of aryl methyl sites for hydroxylation is 1. The molecule has 2 rings (SSSR count). The van der Waals surface area contributed by atoms with E-state index in [1.54, 1.807) is 6.20 Å². The van der Waals surface area contributed by atoms with Gasteiger partial charge in [-0.05, 0) is 47.7 Å². The minimum Gasteiger partial charge on any atom is -0.391 e. The third kappa shape index (κ3) is 4.94. The minimum absolute atomic E-state index is 0.173. The van der Waals surface area contributed by atoms with Gasteiger partial charge in [0, 0.05) is 24.2 Å². The monoisotopic (exact) mass is 336 g/mol. The van der Waals surface area contributed by atoms with Gasteiger partial charge in [-0.3, -0.25) is 4.98 Å². The number of rotatable bonds is 7. The van der Waals surface area contributed by atoms with Crippen LogP contribution in [0.5, 0.6) is 0 Å². The van der Waals surface area contributed by atoms with Crippen LogP contribution in [0.15, 0.2) is 43.1 Å². The average molecular weight is 337 g/mol. The Bertz CT molecular complexity index is 706. The van der Waals surface area contributed by atoms with Crippen LogP contribution in [0.3, 0.4) is 0 Å². The van der Waals surface area contributed by atoms with E-state index in [1.807, 2.05) is 0 Å². The van der Waals surface area contributed by atoms with E-state index in [2.05, 4.69) is 76.8 Å². The SMILES string of the molecule is C=CNCCc1cc(C)c(CCC)c(-c2ccc(C(C)(C)C)cc2)n1. The van der Waals surface area contributed by atoms with E-state index in [-0.39, 0.29) is 5.41 Å². The maximum absolute atomic E-state index is 5.01. The van der Waals surface area contributed by atoms with Crippen LogP contribution in [-0.4, -0.2) is 11.5 Å². The van der Waals surface area contributed by atoms with E-state index in [0.717, 1.165) is 37.2 Å². The normalized spacial score (nSPS) is 11.4. The van der Waals surface area contributed by atoms with Crippen LogP contribution in [0.4, 0.5) is 0 Å². The molecule has 1 N–H and O–H groups in total. The molecule has 2 nitrogen and oxygen atoms in total. The molecule has 2 aromatic rings. The van der Waals surface area contributed by atoms with Crippen molar-refractivity contribution in [2.45, 2.75) is 59.3 Å². The number of aromatic nitrogens is 1. The largest absolute Gasteiger partial charge is 0.391 e. The zero-order valence-electron chi connectivity index (χ0n) is 16.4. The number of hydrogen-bond donors (Lipinski definition) is 1. The van der Waals surface area contributed by atoms with Crippen molar-refractivity contribution in [1.82, 2.24) is 10.3 Å². The fraction of sp³-hybridized carbons (Fsp3) is 0.435. The molecule has 25 heavy (non-hydrogen) atoms. The second-order valence-electron chi connectivity index (χ2n) is 7.74. The molecule has 0 bridgehead atoms. The highest BCUT2D eigenvalue weighted by Gasteiger charge is 2.15. The maximum Gasteiger partial charge on any atom is 0.0739 e. The Morgan fingerprint density at radius 3 is 2.36 bits per heavy atom. The molecule has 134 valence electrons. The van der Waals surface area contributed by atoms with Crippen molar-refractivity contribution in [1.29, 1.82) is 0 Å². The Kier molecular flexibility index (Phi) is 6.41. The highest BCUT2D eigenvalue weighted by Crippen LogP contribution is 2.29. The maximum atomic E-state index is 5.01. The summed E-state index contributed by atoms with van der Waals surface area (Å²) in [5.74, 6) is 0. The first-order chi connectivity index (χ1) is 11.9. The Morgan fingerprint density at radius 2 is 1.80 bits per heavy atom. The van der Waals surface area contributed by atoms with E-state index in [0.29, 0.717) is 0 Å². The molecule has 0 spiro atoms. The standard InChI is InChI=1S/C23H32N2/c1-7-9-21-17(3)16-20(14-15-24-8-2)25-22(21)18-10-12-19(13-11-18)23(4,5)6/h8,10-13,16,24H,2,7,9,14-15H2,1,3-6H3. The molecule has 1 aromatic carbocycles. The smallest absolute Gasteiger partial charge is 0.0739 e. The van der Waals surface area contributed by atoms with Gasteiger partial charge in [0.1, 0.15) is 0 Å². The van der Waals surface area contributed by atoms with Gasteiger partial charge in [0.05, 0.1) is 5.69 Å².